The number of nitrogens with one attached hydrogen (secondary N) is 1. The van der Waals surface area contributed by atoms with Crippen molar-refractivity contribution in [1.29, 1.82) is 5.26 Å². The van der Waals surface area contributed by atoms with Crippen LogP contribution in [0.25, 0.3) is 27.7 Å². The van der Waals surface area contributed by atoms with Crippen LogP contribution in [0.5, 0.6) is 5.75 Å². The van der Waals surface area contributed by atoms with E-state index in [1.807, 2.05) is 30.3 Å². The number of fused-ring (bicyclic) bond motifs is 1. The molecule has 0 bridgehead atoms. The fourth-order valence-corrected chi connectivity index (χ4v) is 5.60. The number of Topliss-reactive ketones (excluding diaryl/α,β-unsaturated/α-hetero) is 1. The van der Waals surface area contributed by atoms with Gasteiger partial charge in [0.15, 0.2) is 9.84 Å². The summed E-state index contributed by atoms with van der Waals surface area (Å²) >= 11 is 0. The van der Waals surface area contributed by atoms with E-state index in [1.54, 1.807) is 12.1 Å². The third-order valence-electron chi connectivity index (χ3n) is 7.07. The molecule has 5 rings (SSSR count). The highest BCUT2D eigenvalue weighted by molar-refractivity contribution is 7.90. The Morgan fingerprint density at radius 2 is 1.73 bits per heavy atom. The van der Waals surface area contributed by atoms with Gasteiger partial charge in [-0.25, -0.2) is 8.42 Å². The number of rotatable bonds is 6. The molecule has 0 spiro atoms. The molecule has 40 heavy (non-hydrogen) atoms. The first-order valence-electron chi connectivity index (χ1n) is 12.6. The number of hydrogen-bond donors (Lipinski definition) is 1. The van der Waals surface area contributed by atoms with Gasteiger partial charge in [0.25, 0.3) is 11.7 Å². The van der Waals surface area contributed by atoms with Crippen molar-refractivity contribution < 1.29 is 22.7 Å². The zero-order valence-electron chi connectivity index (χ0n) is 22.0. The molecule has 10 heteroatoms. The molecule has 2 aromatic carbocycles. The number of nitriles is 1. The fourth-order valence-electron chi connectivity index (χ4n) is 4.97. The molecule has 0 aliphatic carbocycles. The molecule has 202 valence electrons. The summed E-state index contributed by atoms with van der Waals surface area (Å²) in [4.78, 5) is 36.0. The van der Waals surface area contributed by atoms with Gasteiger partial charge in [-0.15, -0.1) is 0 Å². The Balaban J connectivity index is 1.42. The van der Waals surface area contributed by atoms with Crippen molar-refractivity contribution >= 4 is 38.0 Å². The average Bonchev–Trinajstić information content (AvgIpc) is 3.42. The summed E-state index contributed by atoms with van der Waals surface area (Å²) in [7, 11) is -1.90. The maximum absolute atomic E-state index is 13.5. The second kappa shape index (κ2) is 10.8. The van der Waals surface area contributed by atoms with Crippen molar-refractivity contribution in [1.82, 2.24) is 14.9 Å². The number of nitrogens with zero attached hydrogens (tertiary/aromatic N) is 3. The molecular weight excluding hydrogens is 528 g/mol. The van der Waals surface area contributed by atoms with Crippen LogP contribution in [0.4, 0.5) is 0 Å². The van der Waals surface area contributed by atoms with Crippen LogP contribution in [0.2, 0.25) is 0 Å². The summed E-state index contributed by atoms with van der Waals surface area (Å²) in [6, 6.07) is 18.0. The molecule has 1 amide bonds. The summed E-state index contributed by atoms with van der Waals surface area (Å²) in [5.41, 5.74) is 4.21. The van der Waals surface area contributed by atoms with Crippen molar-refractivity contribution in [2.24, 2.45) is 0 Å². The Bertz CT molecular complexity index is 1790. The van der Waals surface area contributed by atoms with Crippen molar-refractivity contribution in [3.63, 3.8) is 0 Å². The number of likely N-dealkylation sites (tertiary alicyclic amines) is 1. The van der Waals surface area contributed by atoms with Crippen LogP contribution in [0, 0.1) is 11.3 Å². The largest absolute Gasteiger partial charge is 0.494 e. The number of piperidine rings is 1. The minimum absolute atomic E-state index is 0.164. The van der Waals surface area contributed by atoms with Crippen LogP contribution in [0.1, 0.15) is 28.8 Å². The van der Waals surface area contributed by atoms with Crippen molar-refractivity contribution in [3.8, 4) is 23.1 Å². The highest BCUT2D eigenvalue weighted by Gasteiger charge is 2.30. The number of amides is 1. The summed E-state index contributed by atoms with van der Waals surface area (Å²) in [5, 5.41) is 10.2. The number of methoxy groups -OCH3 is 1. The van der Waals surface area contributed by atoms with Gasteiger partial charge < -0.3 is 14.6 Å². The smallest absolute Gasteiger partial charge is 0.295 e. The zero-order valence-corrected chi connectivity index (χ0v) is 22.8. The number of allylic oxidation sites excluding steroid dienone is 1. The van der Waals surface area contributed by atoms with Gasteiger partial charge in [0.05, 0.1) is 52.0 Å². The highest BCUT2D eigenvalue weighted by atomic mass is 32.2. The maximum Gasteiger partial charge on any atom is 0.295 e. The lowest BCUT2D eigenvalue weighted by Crippen LogP contribution is -2.40. The Morgan fingerprint density at radius 3 is 2.33 bits per heavy atom. The number of pyridine rings is 1. The molecule has 0 radical (unpaired) electrons. The van der Waals surface area contributed by atoms with Crippen molar-refractivity contribution in [2.45, 2.75) is 17.7 Å². The van der Waals surface area contributed by atoms with E-state index in [1.165, 1.54) is 36.5 Å². The van der Waals surface area contributed by atoms with E-state index in [9.17, 15) is 23.3 Å². The number of benzene rings is 2. The zero-order chi connectivity index (χ0) is 28.4. The van der Waals surface area contributed by atoms with Gasteiger partial charge in [-0.1, -0.05) is 42.5 Å². The SMILES string of the molecule is COc1cnc(-c2ccc(S(C)(=O)=O)cc2)c2[nH]cc(C(=O)C(=O)N3CCC(=C(C#N)c4ccccc4)CC3)c12. The Labute approximate surface area is 231 Å². The van der Waals surface area contributed by atoms with E-state index in [0.717, 1.165) is 17.4 Å². The van der Waals surface area contributed by atoms with Gasteiger partial charge in [-0.05, 0) is 36.1 Å². The first kappa shape index (κ1) is 26.8. The number of H-pyrrole nitrogens is 1. The number of hydrogen-bond acceptors (Lipinski definition) is 7. The minimum atomic E-state index is -3.36. The summed E-state index contributed by atoms with van der Waals surface area (Å²) < 4.78 is 29.2. The van der Waals surface area contributed by atoms with Gasteiger partial charge in [-0.2, -0.15) is 5.26 Å². The first-order valence-corrected chi connectivity index (χ1v) is 14.5. The fraction of sp³-hybridized carbons (Fsp3) is 0.200. The monoisotopic (exact) mass is 554 g/mol. The van der Waals surface area contributed by atoms with Crippen molar-refractivity contribution in [2.75, 3.05) is 26.5 Å². The van der Waals surface area contributed by atoms with Crippen LogP contribution < -0.4 is 4.74 Å². The predicted molar refractivity (Wildman–Crippen MR) is 150 cm³/mol. The van der Waals surface area contributed by atoms with Crippen LogP contribution in [-0.4, -0.2) is 61.4 Å². The molecule has 2 aromatic heterocycles. The summed E-state index contributed by atoms with van der Waals surface area (Å²) in [5.74, 6) is -0.976. The lowest BCUT2D eigenvalue weighted by molar-refractivity contribution is -0.126. The van der Waals surface area contributed by atoms with Gasteiger partial charge in [-0.3, -0.25) is 14.6 Å². The number of ketones is 1. The second-order valence-electron chi connectivity index (χ2n) is 9.50. The molecule has 1 fully saturated rings. The molecule has 0 atom stereocenters. The number of ether oxygens (including phenoxy) is 1. The Hall–Kier alpha value is -4.75. The lowest BCUT2D eigenvalue weighted by Gasteiger charge is -2.28. The average molecular weight is 555 g/mol. The molecule has 9 nitrogen and oxygen atoms in total. The molecule has 1 aliphatic heterocycles. The van der Waals surface area contributed by atoms with E-state index < -0.39 is 21.5 Å². The number of aromatic amines is 1. The van der Waals surface area contributed by atoms with Crippen LogP contribution in [-0.2, 0) is 14.6 Å². The molecule has 0 saturated carbocycles. The normalized spacial score (nSPS) is 13.6. The highest BCUT2D eigenvalue weighted by Crippen LogP contribution is 2.35. The molecule has 1 N–H and O–H groups in total. The second-order valence-corrected chi connectivity index (χ2v) is 11.5. The standard InChI is InChI=1S/C30H26N4O5S/c1-39-25-18-33-27(21-8-10-22(11-9-21)40(2,37)38)28-26(25)24(17-32-28)29(35)30(36)34-14-12-20(13-15-34)23(16-31)19-6-4-3-5-7-19/h3-11,17-18,32H,12-15H2,1-2H3. The summed E-state index contributed by atoms with van der Waals surface area (Å²) in [6.07, 6.45) is 5.10. The predicted octanol–water partition coefficient (Wildman–Crippen LogP) is 4.42. The molecule has 1 aliphatic rings. The minimum Gasteiger partial charge on any atom is -0.494 e. The Kier molecular flexibility index (Phi) is 7.24. The third-order valence-corrected chi connectivity index (χ3v) is 8.20. The topological polar surface area (TPSA) is 133 Å². The molecular formula is C30H26N4O5S. The first-order chi connectivity index (χ1) is 19.2. The van der Waals surface area contributed by atoms with Crippen LogP contribution >= 0.6 is 0 Å². The third kappa shape index (κ3) is 4.99. The number of aromatic nitrogens is 2. The van der Waals surface area contributed by atoms with Gasteiger partial charge in [0, 0.05) is 31.1 Å². The molecule has 1 saturated heterocycles. The van der Waals surface area contributed by atoms with E-state index >= 15 is 0 Å². The molecule has 4 aromatic rings. The van der Waals surface area contributed by atoms with E-state index in [0.29, 0.717) is 59.4 Å². The van der Waals surface area contributed by atoms with Gasteiger partial charge in [0.1, 0.15) is 5.75 Å². The number of carbonyl (C=O) groups is 2. The quantitative estimate of drug-likeness (QED) is 0.212. The van der Waals surface area contributed by atoms with E-state index in [-0.39, 0.29) is 10.5 Å². The van der Waals surface area contributed by atoms with Gasteiger partial charge in [0.2, 0.25) is 0 Å². The van der Waals surface area contributed by atoms with E-state index in [4.69, 9.17) is 4.74 Å². The number of sulfone groups is 1. The van der Waals surface area contributed by atoms with E-state index in [2.05, 4.69) is 16.0 Å². The maximum atomic E-state index is 13.5. The van der Waals surface area contributed by atoms with Crippen LogP contribution in [0.3, 0.4) is 0 Å². The Morgan fingerprint density at radius 1 is 1.05 bits per heavy atom. The lowest BCUT2D eigenvalue weighted by atomic mass is 9.93. The summed E-state index contributed by atoms with van der Waals surface area (Å²) in [6.45, 7) is 0.661. The van der Waals surface area contributed by atoms with Gasteiger partial charge >= 0.3 is 0 Å². The molecule has 0 unspecified atom stereocenters. The number of carbonyl (C=O) groups excluding carboxylic acids is 2. The molecule has 3 heterocycles. The van der Waals surface area contributed by atoms with Crippen molar-refractivity contribution in [3.05, 3.63) is 83.7 Å². The van der Waals surface area contributed by atoms with Crippen LogP contribution in [0.15, 0.2) is 77.5 Å².